The number of hydrogen-bond acceptors (Lipinski definition) is 6. The van der Waals surface area contributed by atoms with Crippen molar-refractivity contribution in [3.05, 3.63) is 48.0 Å². The van der Waals surface area contributed by atoms with Gasteiger partial charge in [-0.25, -0.2) is 9.97 Å². The molecule has 6 nitrogen and oxygen atoms in total. The average molecular weight is 378 g/mol. The molecule has 1 saturated heterocycles. The largest absolute Gasteiger partial charge is 0.507 e. The van der Waals surface area contributed by atoms with Crippen molar-refractivity contribution in [1.82, 2.24) is 15.3 Å². The number of phenols is 1. The van der Waals surface area contributed by atoms with E-state index < -0.39 is 0 Å². The molecule has 0 saturated carbocycles. The first kappa shape index (κ1) is 18.7. The van der Waals surface area contributed by atoms with Crippen LogP contribution in [0, 0.1) is 6.92 Å². The lowest BCUT2D eigenvalue weighted by Crippen LogP contribution is -2.34. The monoisotopic (exact) mass is 378 g/mol. The van der Waals surface area contributed by atoms with Gasteiger partial charge in [-0.3, -0.25) is 0 Å². The summed E-state index contributed by atoms with van der Waals surface area (Å²) in [5, 5.41) is 14.9. The quantitative estimate of drug-likeness (QED) is 0.642. The first-order valence-corrected chi connectivity index (χ1v) is 9.70. The molecule has 3 aromatic rings. The van der Waals surface area contributed by atoms with Gasteiger partial charge in [-0.1, -0.05) is 18.2 Å². The summed E-state index contributed by atoms with van der Waals surface area (Å²) >= 11 is 0. The van der Waals surface area contributed by atoms with Crippen LogP contribution in [0.15, 0.2) is 42.5 Å². The molecule has 0 amide bonds. The zero-order valence-electron chi connectivity index (χ0n) is 16.4. The number of aromatic hydroxyl groups is 1. The maximum absolute atomic E-state index is 10.3. The second-order valence-electron chi connectivity index (χ2n) is 7.29. The molecule has 0 spiro atoms. The van der Waals surface area contributed by atoms with Gasteiger partial charge in [0, 0.05) is 38.2 Å². The lowest BCUT2D eigenvalue weighted by atomic mass is 10.1. The van der Waals surface area contributed by atoms with E-state index in [9.17, 15) is 5.11 Å². The summed E-state index contributed by atoms with van der Waals surface area (Å²) in [4.78, 5) is 11.9. The Morgan fingerprint density at radius 1 is 1.21 bits per heavy atom. The Morgan fingerprint density at radius 3 is 2.89 bits per heavy atom. The molecule has 2 heterocycles. The second-order valence-corrected chi connectivity index (χ2v) is 7.29. The molecule has 2 N–H and O–H groups in total. The van der Waals surface area contributed by atoms with Crippen molar-refractivity contribution in [1.29, 1.82) is 0 Å². The molecule has 0 bridgehead atoms. The summed E-state index contributed by atoms with van der Waals surface area (Å²) in [7, 11) is 1.72. The van der Waals surface area contributed by atoms with Crippen molar-refractivity contribution in [2.24, 2.45) is 0 Å². The van der Waals surface area contributed by atoms with Crippen LogP contribution in [0.4, 0.5) is 5.82 Å². The Balaban J connectivity index is 1.72. The summed E-state index contributed by atoms with van der Waals surface area (Å²) in [5.41, 5.74) is 2.71. The lowest BCUT2D eigenvalue weighted by Gasteiger charge is -2.21. The predicted molar refractivity (Wildman–Crippen MR) is 112 cm³/mol. The molecule has 28 heavy (non-hydrogen) atoms. The molecule has 1 aliphatic rings. The minimum Gasteiger partial charge on any atom is -0.507 e. The van der Waals surface area contributed by atoms with Crippen molar-refractivity contribution in [2.75, 3.05) is 38.3 Å². The van der Waals surface area contributed by atoms with Crippen LogP contribution in [0.1, 0.15) is 12.0 Å². The third-order valence-electron chi connectivity index (χ3n) is 5.20. The van der Waals surface area contributed by atoms with E-state index in [2.05, 4.69) is 35.3 Å². The van der Waals surface area contributed by atoms with Gasteiger partial charge in [0.2, 0.25) is 0 Å². The fraction of sp³-hybridized carbons (Fsp3) is 0.364. The van der Waals surface area contributed by atoms with Crippen LogP contribution >= 0.6 is 0 Å². The van der Waals surface area contributed by atoms with Crippen molar-refractivity contribution in [2.45, 2.75) is 19.4 Å². The number of ether oxygens (including phenoxy) is 1. The Morgan fingerprint density at radius 2 is 2.07 bits per heavy atom. The molecule has 1 atom stereocenters. The number of aryl methyl sites for hydroxylation is 1. The molecule has 1 aliphatic heterocycles. The molecular weight excluding hydrogens is 352 g/mol. The van der Waals surface area contributed by atoms with Crippen LogP contribution in [0.25, 0.3) is 22.3 Å². The number of hydrogen-bond donors (Lipinski definition) is 2. The number of rotatable bonds is 6. The molecule has 6 heteroatoms. The lowest BCUT2D eigenvalue weighted by molar-refractivity contribution is 0.196. The first-order valence-electron chi connectivity index (χ1n) is 9.70. The van der Waals surface area contributed by atoms with Gasteiger partial charge >= 0.3 is 0 Å². The van der Waals surface area contributed by atoms with E-state index in [4.69, 9.17) is 14.7 Å². The standard InChI is InChI=1S/C22H26N4O2/c1-15-7-8-17-19(13-15)24-21(18-5-3-4-6-20(18)27)25-22(17)26-11-9-16(14-26)23-10-12-28-2/h3-8,13,16,23,27H,9-12,14H2,1-2H3. The van der Waals surface area contributed by atoms with Gasteiger partial charge in [-0.05, 0) is 43.2 Å². The number of methoxy groups -OCH3 is 1. The minimum absolute atomic E-state index is 0.195. The number of para-hydroxylation sites is 1. The fourth-order valence-corrected chi connectivity index (χ4v) is 3.73. The van der Waals surface area contributed by atoms with E-state index in [1.54, 1.807) is 13.2 Å². The van der Waals surface area contributed by atoms with Crippen LogP contribution in [-0.2, 0) is 4.74 Å². The molecule has 1 aromatic heterocycles. The van der Waals surface area contributed by atoms with E-state index in [-0.39, 0.29) is 5.75 Å². The molecule has 0 aliphatic carbocycles. The van der Waals surface area contributed by atoms with E-state index in [1.807, 2.05) is 18.2 Å². The molecular formula is C22H26N4O2. The minimum atomic E-state index is 0.195. The molecule has 1 unspecified atom stereocenters. The van der Waals surface area contributed by atoms with Crippen molar-refractivity contribution >= 4 is 16.7 Å². The zero-order valence-corrected chi connectivity index (χ0v) is 16.4. The second kappa shape index (κ2) is 8.12. The average Bonchev–Trinajstić information content (AvgIpc) is 3.16. The number of benzene rings is 2. The van der Waals surface area contributed by atoms with Crippen LogP contribution in [0.3, 0.4) is 0 Å². The molecule has 146 valence electrons. The fourth-order valence-electron chi connectivity index (χ4n) is 3.73. The summed E-state index contributed by atoms with van der Waals surface area (Å²) < 4.78 is 5.14. The number of nitrogens with zero attached hydrogens (tertiary/aromatic N) is 3. The van der Waals surface area contributed by atoms with Crippen LogP contribution < -0.4 is 10.2 Å². The molecule has 4 rings (SSSR count). The van der Waals surface area contributed by atoms with Crippen molar-refractivity contribution in [3.8, 4) is 17.1 Å². The SMILES string of the molecule is COCCNC1CCN(c2nc(-c3ccccc3O)nc3cc(C)ccc23)C1. The van der Waals surface area contributed by atoms with Gasteiger partial charge < -0.3 is 20.1 Å². The number of nitrogens with one attached hydrogen (secondary N) is 1. The highest BCUT2D eigenvalue weighted by atomic mass is 16.5. The van der Waals surface area contributed by atoms with Gasteiger partial charge in [0.05, 0.1) is 17.7 Å². The first-order chi connectivity index (χ1) is 13.7. The maximum atomic E-state index is 10.3. The van der Waals surface area contributed by atoms with Gasteiger partial charge in [0.1, 0.15) is 11.6 Å². The van der Waals surface area contributed by atoms with E-state index >= 15 is 0 Å². The normalized spacial score (nSPS) is 16.8. The summed E-state index contributed by atoms with van der Waals surface area (Å²) in [5.74, 6) is 1.68. The van der Waals surface area contributed by atoms with Gasteiger partial charge in [0.15, 0.2) is 5.82 Å². The maximum Gasteiger partial charge on any atom is 0.165 e. The third kappa shape index (κ3) is 3.79. The van der Waals surface area contributed by atoms with Crippen molar-refractivity contribution in [3.63, 3.8) is 0 Å². The number of aromatic nitrogens is 2. The van der Waals surface area contributed by atoms with E-state index in [1.165, 1.54) is 0 Å². The van der Waals surface area contributed by atoms with Gasteiger partial charge in [0.25, 0.3) is 0 Å². The van der Waals surface area contributed by atoms with Crippen LogP contribution in [0.5, 0.6) is 5.75 Å². The van der Waals surface area contributed by atoms with E-state index in [0.717, 1.165) is 48.3 Å². The number of anilines is 1. The Labute approximate surface area is 165 Å². The summed E-state index contributed by atoms with van der Waals surface area (Å²) in [6.45, 7) is 5.45. The molecule has 0 radical (unpaired) electrons. The molecule has 1 fully saturated rings. The highest BCUT2D eigenvalue weighted by molar-refractivity contribution is 5.92. The number of phenolic OH excluding ortho intramolecular Hbond substituents is 1. The molecule has 2 aromatic carbocycles. The summed E-state index contributed by atoms with van der Waals surface area (Å²) in [6, 6.07) is 13.9. The van der Waals surface area contributed by atoms with Gasteiger partial charge in [-0.2, -0.15) is 0 Å². The third-order valence-corrected chi connectivity index (χ3v) is 5.20. The van der Waals surface area contributed by atoms with Crippen LogP contribution in [0.2, 0.25) is 0 Å². The zero-order chi connectivity index (χ0) is 19.5. The Hall–Kier alpha value is -2.70. The highest BCUT2D eigenvalue weighted by Gasteiger charge is 2.25. The van der Waals surface area contributed by atoms with E-state index in [0.29, 0.717) is 24.0 Å². The predicted octanol–water partition coefficient (Wildman–Crippen LogP) is 3.13. The number of fused-ring (bicyclic) bond motifs is 1. The van der Waals surface area contributed by atoms with Crippen molar-refractivity contribution < 1.29 is 9.84 Å². The summed E-state index contributed by atoms with van der Waals surface area (Å²) in [6.07, 6.45) is 1.06. The van der Waals surface area contributed by atoms with Gasteiger partial charge in [-0.15, -0.1) is 0 Å². The Kier molecular flexibility index (Phi) is 5.41. The Bertz CT molecular complexity index is 976. The smallest absolute Gasteiger partial charge is 0.165 e. The topological polar surface area (TPSA) is 70.5 Å². The van der Waals surface area contributed by atoms with Crippen LogP contribution in [-0.4, -0.2) is 54.5 Å². The highest BCUT2D eigenvalue weighted by Crippen LogP contribution is 2.33.